The van der Waals surface area contributed by atoms with Crippen molar-refractivity contribution in [3.8, 4) is 0 Å². The number of hydrogen-bond donors (Lipinski definition) is 1. The van der Waals surface area contributed by atoms with Crippen LogP contribution < -0.4 is 10.3 Å². The van der Waals surface area contributed by atoms with Crippen LogP contribution in [0.5, 0.6) is 0 Å². The van der Waals surface area contributed by atoms with E-state index in [1.165, 1.54) is 10.6 Å². The molecule has 0 fully saturated rings. The molecule has 0 saturated heterocycles. The van der Waals surface area contributed by atoms with Crippen LogP contribution in [0, 0.1) is 6.92 Å². The maximum atomic E-state index is 12.0. The van der Waals surface area contributed by atoms with Gasteiger partial charge in [-0.3, -0.25) is 4.79 Å². The van der Waals surface area contributed by atoms with E-state index < -0.39 is 0 Å². The minimum absolute atomic E-state index is 0.0840. The van der Waals surface area contributed by atoms with Gasteiger partial charge in [0, 0.05) is 28.2 Å². The van der Waals surface area contributed by atoms with Gasteiger partial charge >= 0.3 is 6.03 Å². The van der Waals surface area contributed by atoms with Gasteiger partial charge < -0.3 is 5.32 Å². The highest BCUT2D eigenvalue weighted by atomic mass is 35.5. The summed E-state index contributed by atoms with van der Waals surface area (Å²) in [5.74, 6) is 0.0840. The summed E-state index contributed by atoms with van der Waals surface area (Å²) in [6, 6.07) is 17.4. The van der Waals surface area contributed by atoms with Crippen LogP contribution in [0.2, 0.25) is 10.0 Å². The number of benzene rings is 3. The molecule has 2 amide bonds. The first-order chi connectivity index (χ1) is 15.8. The molecule has 0 aliphatic carbocycles. The molecule has 0 aromatic heterocycles. The van der Waals surface area contributed by atoms with Gasteiger partial charge in [0.2, 0.25) is 0 Å². The largest absolute Gasteiger partial charge is 0.342 e. The van der Waals surface area contributed by atoms with Crippen molar-refractivity contribution in [1.29, 1.82) is 0 Å². The van der Waals surface area contributed by atoms with Gasteiger partial charge in [0.1, 0.15) is 0 Å². The smallest absolute Gasteiger partial charge is 0.331 e. The SMILES string of the molecule is CC(=O)c1ccc(Cc2ccc(Cc3c(Cl)cc(N4N=CCNC4=O)cc3Cl)cc2)cc1C. The van der Waals surface area contributed by atoms with Crippen molar-refractivity contribution < 1.29 is 9.59 Å². The van der Waals surface area contributed by atoms with Gasteiger partial charge in [-0.15, -0.1) is 0 Å². The van der Waals surface area contributed by atoms with Crippen molar-refractivity contribution in [2.24, 2.45) is 5.10 Å². The van der Waals surface area contributed by atoms with E-state index in [-0.39, 0.29) is 11.8 Å². The highest BCUT2D eigenvalue weighted by Crippen LogP contribution is 2.33. The Kier molecular flexibility index (Phi) is 6.82. The molecular formula is C26H23Cl2N3O2. The number of aryl methyl sites for hydroxylation is 1. The fourth-order valence-corrected chi connectivity index (χ4v) is 4.50. The van der Waals surface area contributed by atoms with Gasteiger partial charge in [0.25, 0.3) is 0 Å². The Morgan fingerprint density at radius 1 is 0.970 bits per heavy atom. The summed E-state index contributed by atoms with van der Waals surface area (Å²) in [5, 5.41) is 9.00. The summed E-state index contributed by atoms with van der Waals surface area (Å²) in [5.41, 5.74) is 6.49. The zero-order chi connectivity index (χ0) is 23.5. The standard InChI is InChI=1S/C26H23Cl2N3O2/c1-16-11-20(7-8-22(16)17(2)32)12-18-3-5-19(6-4-18)13-23-24(27)14-21(15-25(23)28)31-26(33)29-9-10-30-31/h3-8,10-11,14-15H,9,12-13H2,1-2H3,(H,29,33). The first kappa shape index (κ1) is 23.0. The summed E-state index contributed by atoms with van der Waals surface area (Å²) >= 11 is 13.0. The number of halogens is 2. The van der Waals surface area contributed by atoms with Crippen LogP contribution in [0.25, 0.3) is 0 Å². The van der Waals surface area contributed by atoms with E-state index in [4.69, 9.17) is 23.2 Å². The number of urea groups is 1. The first-order valence-electron chi connectivity index (χ1n) is 10.6. The van der Waals surface area contributed by atoms with E-state index in [0.717, 1.165) is 34.2 Å². The molecule has 1 aliphatic rings. The Balaban J connectivity index is 1.48. The number of rotatable bonds is 6. The monoisotopic (exact) mass is 479 g/mol. The van der Waals surface area contributed by atoms with Crippen molar-refractivity contribution in [3.05, 3.63) is 98.0 Å². The van der Waals surface area contributed by atoms with Gasteiger partial charge in [-0.25, -0.2) is 4.79 Å². The molecule has 7 heteroatoms. The molecule has 0 unspecified atom stereocenters. The second-order valence-corrected chi connectivity index (χ2v) is 8.87. The van der Waals surface area contributed by atoms with Gasteiger partial charge in [-0.05, 0) is 60.2 Å². The second-order valence-electron chi connectivity index (χ2n) is 8.06. The predicted octanol–water partition coefficient (Wildman–Crippen LogP) is 6.20. The van der Waals surface area contributed by atoms with Crippen molar-refractivity contribution in [2.75, 3.05) is 11.6 Å². The minimum atomic E-state index is -0.320. The molecule has 5 nitrogen and oxygen atoms in total. The van der Waals surface area contributed by atoms with Gasteiger partial charge in [0.05, 0.1) is 12.2 Å². The first-order valence-corrected chi connectivity index (χ1v) is 11.3. The van der Waals surface area contributed by atoms with E-state index in [9.17, 15) is 9.59 Å². The molecule has 4 rings (SSSR count). The van der Waals surface area contributed by atoms with E-state index in [2.05, 4.69) is 40.8 Å². The van der Waals surface area contributed by atoms with E-state index in [1.807, 2.05) is 19.1 Å². The normalized spacial score (nSPS) is 13.2. The molecule has 1 heterocycles. The third-order valence-electron chi connectivity index (χ3n) is 5.59. The molecule has 1 aliphatic heterocycles. The summed E-state index contributed by atoms with van der Waals surface area (Å²) in [7, 11) is 0. The number of Topliss-reactive ketones (excluding diaryl/α,β-unsaturated/α-hetero) is 1. The Morgan fingerprint density at radius 2 is 1.58 bits per heavy atom. The number of nitrogens with one attached hydrogen (secondary N) is 1. The molecule has 0 spiro atoms. The average molecular weight is 480 g/mol. The Hall–Kier alpha value is -3.15. The molecule has 0 bridgehead atoms. The number of hydrogen-bond acceptors (Lipinski definition) is 3. The summed E-state index contributed by atoms with van der Waals surface area (Å²) in [6.07, 6.45) is 2.96. The molecule has 0 saturated carbocycles. The van der Waals surface area contributed by atoms with Crippen molar-refractivity contribution in [2.45, 2.75) is 26.7 Å². The van der Waals surface area contributed by atoms with Gasteiger partial charge in [0.15, 0.2) is 5.78 Å². The van der Waals surface area contributed by atoms with Crippen LogP contribution in [0.4, 0.5) is 10.5 Å². The number of anilines is 1. The average Bonchev–Trinajstić information content (AvgIpc) is 2.77. The lowest BCUT2D eigenvalue weighted by molar-refractivity contribution is 0.101. The summed E-state index contributed by atoms with van der Waals surface area (Å²) in [4.78, 5) is 23.7. The molecule has 3 aromatic rings. The third-order valence-corrected chi connectivity index (χ3v) is 6.26. The molecule has 3 aromatic carbocycles. The van der Waals surface area contributed by atoms with Gasteiger partial charge in [-0.2, -0.15) is 10.1 Å². The number of carbonyl (C=O) groups excluding carboxylic acids is 2. The number of carbonyl (C=O) groups is 2. The Morgan fingerprint density at radius 3 is 2.15 bits per heavy atom. The van der Waals surface area contributed by atoms with Crippen LogP contribution in [0.15, 0.2) is 59.7 Å². The molecule has 33 heavy (non-hydrogen) atoms. The fourth-order valence-electron chi connectivity index (χ4n) is 3.89. The molecule has 1 N–H and O–H groups in total. The maximum absolute atomic E-state index is 12.0. The van der Waals surface area contributed by atoms with E-state index in [0.29, 0.717) is 28.7 Å². The van der Waals surface area contributed by atoms with Crippen LogP contribution in [-0.2, 0) is 12.8 Å². The quantitative estimate of drug-likeness (QED) is 0.427. The van der Waals surface area contributed by atoms with Gasteiger partial charge in [-0.1, -0.05) is 65.7 Å². The molecule has 0 radical (unpaired) electrons. The highest BCUT2D eigenvalue weighted by Gasteiger charge is 2.20. The van der Waals surface area contributed by atoms with Crippen molar-refractivity contribution >= 4 is 46.9 Å². The van der Waals surface area contributed by atoms with Crippen molar-refractivity contribution in [3.63, 3.8) is 0 Å². The Labute approximate surface area is 203 Å². The number of amides is 2. The van der Waals surface area contributed by atoms with Crippen LogP contribution in [0.1, 0.15) is 45.1 Å². The van der Waals surface area contributed by atoms with E-state index in [1.54, 1.807) is 25.3 Å². The fraction of sp³-hybridized carbons (Fsp3) is 0.192. The zero-order valence-electron chi connectivity index (χ0n) is 18.4. The van der Waals surface area contributed by atoms with E-state index >= 15 is 0 Å². The molecule has 0 atom stereocenters. The third kappa shape index (κ3) is 5.27. The Bertz CT molecular complexity index is 1230. The maximum Gasteiger partial charge on any atom is 0.342 e. The molecular weight excluding hydrogens is 457 g/mol. The lowest BCUT2D eigenvalue weighted by atomic mass is 9.97. The lowest BCUT2D eigenvalue weighted by Crippen LogP contribution is -2.41. The second kappa shape index (κ2) is 9.77. The number of ketones is 1. The van der Waals surface area contributed by atoms with Crippen LogP contribution in [-0.4, -0.2) is 24.6 Å². The predicted molar refractivity (Wildman–Crippen MR) is 134 cm³/mol. The number of nitrogens with zero attached hydrogens (tertiary/aromatic N) is 2. The highest BCUT2D eigenvalue weighted by molar-refractivity contribution is 6.36. The zero-order valence-corrected chi connectivity index (χ0v) is 19.9. The number of hydrazone groups is 1. The van der Waals surface area contributed by atoms with Crippen LogP contribution in [0.3, 0.4) is 0 Å². The topological polar surface area (TPSA) is 61.8 Å². The lowest BCUT2D eigenvalue weighted by Gasteiger charge is -2.22. The summed E-state index contributed by atoms with van der Waals surface area (Å²) in [6.45, 7) is 3.95. The van der Waals surface area contributed by atoms with Crippen molar-refractivity contribution in [1.82, 2.24) is 5.32 Å². The molecule has 168 valence electrons. The minimum Gasteiger partial charge on any atom is -0.331 e. The summed E-state index contributed by atoms with van der Waals surface area (Å²) < 4.78 is 0. The van der Waals surface area contributed by atoms with Crippen LogP contribution >= 0.6 is 23.2 Å².